The molecule has 2 heterocycles. The van der Waals surface area contributed by atoms with Crippen molar-refractivity contribution < 1.29 is 27.1 Å². The molecule has 174 valence electrons. The molecule has 12 heteroatoms. The second kappa shape index (κ2) is 9.32. The van der Waals surface area contributed by atoms with Crippen molar-refractivity contribution in [3.8, 4) is 0 Å². The minimum absolute atomic E-state index is 0.0824. The number of carbonyl (C=O) groups excluding carboxylic acids is 2. The summed E-state index contributed by atoms with van der Waals surface area (Å²) >= 11 is 1.09. The van der Waals surface area contributed by atoms with Crippen molar-refractivity contribution in [1.82, 2.24) is 14.8 Å². The fourth-order valence-corrected chi connectivity index (χ4v) is 5.52. The molecule has 9 nitrogen and oxygen atoms in total. The lowest BCUT2D eigenvalue weighted by Crippen LogP contribution is -2.50. The van der Waals surface area contributed by atoms with Gasteiger partial charge in [0.05, 0.1) is 21.7 Å². The standard InChI is InChI=1S/C21H21FN4O5S2/c1-2-31-21(28)26-11-9-25(10-12-26)19(27)14-3-8-17-18(13-14)32-20(23-17)24-33(29,30)16-6-4-15(22)5-7-16/h3-8,13H,2,9-12H2,1H3,(H,23,24). The SMILES string of the molecule is CCOC(=O)N1CCN(C(=O)c2ccc3nc(NS(=O)(=O)c4ccc(F)cc4)sc3c2)CC1. The van der Waals surface area contributed by atoms with Crippen LogP contribution in [0, 0.1) is 5.82 Å². The zero-order chi connectivity index (χ0) is 23.6. The molecule has 0 unspecified atom stereocenters. The number of benzene rings is 2. The van der Waals surface area contributed by atoms with Gasteiger partial charge < -0.3 is 14.5 Å². The minimum atomic E-state index is -3.92. The molecule has 1 aromatic heterocycles. The molecule has 0 bridgehead atoms. The molecule has 0 saturated carbocycles. The van der Waals surface area contributed by atoms with Crippen LogP contribution in [0.25, 0.3) is 10.2 Å². The number of amides is 2. The number of aromatic nitrogens is 1. The summed E-state index contributed by atoms with van der Waals surface area (Å²) in [6.45, 7) is 3.61. The summed E-state index contributed by atoms with van der Waals surface area (Å²) in [5.41, 5.74) is 0.990. The Kier molecular flexibility index (Phi) is 6.47. The Morgan fingerprint density at radius 3 is 2.42 bits per heavy atom. The summed E-state index contributed by atoms with van der Waals surface area (Å²) < 4.78 is 46.2. The van der Waals surface area contributed by atoms with Gasteiger partial charge in [0.15, 0.2) is 5.13 Å². The monoisotopic (exact) mass is 492 g/mol. The topological polar surface area (TPSA) is 109 Å². The summed E-state index contributed by atoms with van der Waals surface area (Å²) in [7, 11) is -3.92. The maximum absolute atomic E-state index is 13.1. The fourth-order valence-electron chi connectivity index (χ4n) is 3.38. The third kappa shape index (κ3) is 5.06. The smallest absolute Gasteiger partial charge is 0.409 e. The van der Waals surface area contributed by atoms with Crippen molar-refractivity contribution in [3.05, 3.63) is 53.8 Å². The lowest BCUT2D eigenvalue weighted by molar-refractivity contribution is 0.0570. The average molecular weight is 493 g/mol. The zero-order valence-corrected chi connectivity index (χ0v) is 19.3. The molecular formula is C21H21FN4O5S2. The highest BCUT2D eigenvalue weighted by molar-refractivity contribution is 7.93. The fraction of sp³-hybridized carbons (Fsp3) is 0.286. The van der Waals surface area contributed by atoms with Crippen LogP contribution in [0.5, 0.6) is 0 Å². The van der Waals surface area contributed by atoms with Crippen LogP contribution < -0.4 is 4.72 Å². The van der Waals surface area contributed by atoms with E-state index in [2.05, 4.69) is 9.71 Å². The van der Waals surface area contributed by atoms with E-state index in [1.165, 1.54) is 12.1 Å². The van der Waals surface area contributed by atoms with Crippen molar-refractivity contribution in [2.45, 2.75) is 11.8 Å². The van der Waals surface area contributed by atoms with Crippen LogP contribution in [0.4, 0.5) is 14.3 Å². The molecule has 0 radical (unpaired) electrons. The summed E-state index contributed by atoms with van der Waals surface area (Å²) in [5, 5.41) is 0.141. The maximum Gasteiger partial charge on any atom is 0.409 e. The molecule has 2 aromatic carbocycles. The van der Waals surface area contributed by atoms with E-state index in [-0.39, 0.29) is 22.0 Å². The predicted octanol–water partition coefficient (Wildman–Crippen LogP) is 3.15. The number of carbonyl (C=O) groups is 2. The van der Waals surface area contributed by atoms with Gasteiger partial charge in [-0.2, -0.15) is 0 Å². The van der Waals surface area contributed by atoms with Crippen LogP contribution in [0.1, 0.15) is 17.3 Å². The largest absolute Gasteiger partial charge is 0.450 e. The normalized spacial score (nSPS) is 14.4. The van der Waals surface area contributed by atoms with Gasteiger partial charge in [0.25, 0.3) is 15.9 Å². The van der Waals surface area contributed by atoms with Crippen molar-refractivity contribution >= 4 is 48.7 Å². The number of nitrogens with zero attached hydrogens (tertiary/aromatic N) is 3. The second-order valence-electron chi connectivity index (χ2n) is 7.24. The molecule has 0 atom stereocenters. The average Bonchev–Trinajstić information content (AvgIpc) is 3.19. The number of rotatable bonds is 5. The van der Waals surface area contributed by atoms with Crippen molar-refractivity contribution in [3.63, 3.8) is 0 Å². The molecule has 1 N–H and O–H groups in total. The molecule has 1 fully saturated rings. The minimum Gasteiger partial charge on any atom is -0.450 e. The Morgan fingerprint density at radius 1 is 1.09 bits per heavy atom. The number of hydrogen-bond acceptors (Lipinski definition) is 7. The first-order valence-corrected chi connectivity index (χ1v) is 12.5. The molecule has 4 rings (SSSR count). The van der Waals surface area contributed by atoms with E-state index in [9.17, 15) is 22.4 Å². The van der Waals surface area contributed by atoms with Crippen LogP contribution in [0.2, 0.25) is 0 Å². The Balaban J connectivity index is 1.46. The van der Waals surface area contributed by atoms with Crippen molar-refractivity contribution in [1.29, 1.82) is 0 Å². The van der Waals surface area contributed by atoms with Gasteiger partial charge in [-0.15, -0.1) is 0 Å². The first-order valence-electron chi connectivity index (χ1n) is 10.2. The van der Waals surface area contributed by atoms with Crippen molar-refractivity contribution in [2.24, 2.45) is 0 Å². The van der Waals surface area contributed by atoms with Gasteiger partial charge in [0.1, 0.15) is 5.82 Å². The zero-order valence-electron chi connectivity index (χ0n) is 17.7. The van der Waals surface area contributed by atoms with Gasteiger partial charge >= 0.3 is 6.09 Å². The summed E-state index contributed by atoms with van der Waals surface area (Å²) in [6.07, 6.45) is -0.383. The molecular weight excluding hydrogens is 471 g/mol. The summed E-state index contributed by atoms with van der Waals surface area (Å²) in [5.74, 6) is -0.712. The van der Waals surface area contributed by atoms with E-state index in [0.717, 1.165) is 23.5 Å². The van der Waals surface area contributed by atoms with E-state index in [0.29, 0.717) is 48.6 Å². The number of piperazine rings is 1. The van der Waals surface area contributed by atoms with Gasteiger partial charge in [-0.25, -0.2) is 22.6 Å². The number of ether oxygens (including phenoxy) is 1. The Hall–Kier alpha value is -3.25. The number of sulfonamides is 1. The summed E-state index contributed by atoms with van der Waals surface area (Å²) in [6, 6.07) is 9.44. The predicted molar refractivity (Wildman–Crippen MR) is 121 cm³/mol. The van der Waals surface area contributed by atoms with Crippen LogP contribution in [-0.4, -0.2) is 68.0 Å². The number of halogens is 1. The Bertz CT molecular complexity index is 1290. The number of thiazole rings is 1. The molecule has 1 saturated heterocycles. The molecule has 1 aliphatic rings. The second-order valence-corrected chi connectivity index (χ2v) is 9.95. The number of nitrogens with one attached hydrogen (secondary N) is 1. The lowest BCUT2D eigenvalue weighted by Gasteiger charge is -2.34. The summed E-state index contributed by atoms with van der Waals surface area (Å²) in [4.78, 5) is 32.2. The lowest BCUT2D eigenvalue weighted by atomic mass is 10.1. The number of fused-ring (bicyclic) bond motifs is 1. The molecule has 1 aliphatic heterocycles. The third-order valence-electron chi connectivity index (χ3n) is 5.07. The van der Waals surface area contributed by atoms with Gasteiger partial charge in [0.2, 0.25) is 0 Å². The quantitative estimate of drug-likeness (QED) is 0.586. The van der Waals surface area contributed by atoms with E-state index in [1.54, 1.807) is 34.9 Å². The number of anilines is 1. The van der Waals surface area contributed by atoms with Gasteiger partial charge in [0, 0.05) is 31.7 Å². The van der Waals surface area contributed by atoms with Gasteiger partial charge in [-0.05, 0) is 49.4 Å². The molecule has 0 aliphatic carbocycles. The highest BCUT2D eigenvalue weighted by Crippen LogP contribution is 2.29. The maximum atomic E-state index is 13.1. The first kappa shape index (κ1) is 22.9. The Morgan fingerprint density at radius 2 is 1.76 bits per heavy atom. The molecule has 0 spiro atoms. The number of hydrogen-bond donors (Lipinski definition) is 1. The highest BCUT2D eigenvalue weighted by Gasteiger charge is 2.26. The van der Waals surface area contributed by atoms with Gasteiger partial charge in [-0.1, -0.05) is 11.3 Å². The van der Waals surface area contributed by atoms with Gasteiger partial charge in [-0.3, -0.25) is 9.52 Å². The first-order chi connectivity index (χ1) is 15.8. The van der Waals surface area contributed by atoms with E-state index in [4.69, 9.17) is 4.74 Å². The van der Waals surface area contributed by atoms with E-state index in [1.807, 2.05) is 0 Å². The molecule has 3 aromatic rings. The van der Waals surface area contributed by atoms with Crippen LogP contribution >= 0.6 is 11.3 Å². The highest BCUT2D eigenvalue weighted by atomic mass is 32.2. The van der Waals surface area contributed by atoms with Crippen molar-refractivity contribution in [2.75, 3.05) is 37.5 Å². The van der Waals surface area contributed by atoms with Crippen LogP contribution in [0.3, 0.4) is 0 Å². The van der Waals surface area contributed by atoms with Crippen LogP contribution in [0.15, 0.2) is 47.4 Å². The molecule has 33 heavy (non-hydrogen) atoms. The van der Waals surface area contributed by atoms with Crippen LogP contribution in [-0.2, 0) is 14.8 Å². The molecule has 2 amide bonds. The van der Waals surface area contributed by atoms with E-state index >= 15 is 0 Å². The van der Waals surface area contributed by atoms with E-state index < -0.39 is 15.8 Å². The Labute approximate surface area is 193 Å². The third-order valence-corrected chi connectivity index (χ3v) is 7.49.